The van der Waals surface area contributed by atoms with Gasteiger partial charge in [0.15, 0.2) is 0 Å². The Bertz CT molecular complexity index is 648. The maximum Gasteiger partial charge on any atom is 0.416 e. The minimum atomic E-state index is -4.39. The van der Waals surface area contributed by atoms with E-state index >= 15 is 0 Å². The highest BCUT2D eigenvalue weighted by Gasteiger charge is 2.36. The first-order valence-corrected chi connectivity index (χ1v) is 8.41. The first kappa shape index (κ1) is 20.2. The third kappa shape index (κ3) is 5.45. The maximum atomic E-state index is 12.7. The second-order valence-corrected chi connectivity index (χ2v) is 6.44. The highest BCUT2D eigenvalue weighted by Crippen LogP contribution is 2.30. The van der Waals surface area contributed by atoms with Crippen LogP contribution in [0.1, 0.15) is 36.8 Å². The Balaban J connectivity index is 1.90. The van der Waals surface area contributed by atoms with Gasteiger partial charge in [0.05, 0.1) is 18.1 Å². The van der Waals surface area contributed by atoms with Crippen LogP contribution in [0.5, 0.6) is 0 Å². The molecule has 26 heavy (non-hydrogen) atoms. The Morgan fingerprint density at radius 2 is 2.08 bits per heavy atom. The van der Waals surface area contributed by atoms with Crippen LogP contribution in [0.15, 0.2) is 24.3 Å². The summed E-state index contributed by atoms with van der Waals surface area (Å²) < 4.78 is 43.4. The van der Waals surface area contributed by atoms with Crippen molar-refractivity contribution >= 4 is 11.9 Å². The first-order chi connectivity index (χ1) is 12.2. The summed E-state index contributed by atoms with van der Waals surface area (Å²) in [5.74, 6) is -1.17. The van der Waals surface area contributed by atoms with Gasteiger partial charge in [0.25, 0.3) is 0 Å². The van der Waals surface area contributed by atoms with Gasteiger partial charge in [-0.05, 0) is 30.9 Å². The fourth-order valence-corrected chi connectivity index (χ4v) is 3.24. The van der Waals surface area contributed by atoms with Gasteiger partial charge in [-0.3, -0.25) is 9.59 Å². The second kappa shape index (κ2) is 8.53. The zero-order valence-electron chi connectivity index (χ0n) is 14.5. The van der Waals surface area contributed by atoms with Crippen LogP contribution >= 0.6 is 0 Å². The van der Waals surface area contributed by atoms with E-state index in [0.717, 1.165) is 12.1 Å². The number of carboxylic acids is 1. The van der Waals surface area contributed by atoms with E-state index in [0.29, 0.717) is 31.4 Å². The molecule has 0 bridgehead atoms. The Morgan fingerprint density at radius 3 is 2.69 bits per heavy atom. The number of carbonyl (C=O) groups excluding carboxylic acids is 1. The van der Waals surface area contributed by atoms with Crippen LogP contribution in [0.25, 0.3) is 0 Å². The molecule has 1 aromatic rings. The molecule has 144 valence electrons. The predicted octanol–water partition coefficient (Wildman–Crippen LogP) is 3.12. The number of aliphatic carboxylic acids is 1. The monoisotopic (exact) mass is 373 g/mol. The zero-order chi connectivity index (χ0) is 19.3. The molecule has 0 aliphatic carbocycles. The number of carboxylic acid groups (broad SMARTS) is 1. The lowest BCUT2D eigenvalue weighted by atomic mass is 10.0. The molecule has 1 fully saturated rings. The Labute approximate surface area is 149 Å². The van der Waals surface area contributed by atoms with Gasteiger partial charge in [0.2, 0.25) is 5.91 Å². The average Bonchev–Trinajstić information content (AvgIpc) is 2.96. The van der Waals surface area contributed by atoms with Crippen LogP contribution in [0.4, 0.5) is 13.2 Å². The number of nitrogens with zero attached hydrogens (tertiary/aromatic N) is 1. The van der Waals surface area contributed by atoms with Crippen molar-refractivity contribution in [2.75, 3.05) is 13.7 Å². The SMILES string of the molecule is COC1CC(CC(=O)O)N(C(=O)CCCc2cccc(C(F)(F)F)c2)C1. The molecule has 8 heteroatoms. The molecule has 0 aromatic heterocycles. The van der Waals surface area contributed by atoms with Crippen molar-refractivity contribution in [2.24, 2.45) is 0 Å². The molecular formula is C18H22F3NO4. The molecular weight excluding hydrogens is 351 g/mol. The number of amides is 1. The highest BCUT2D eigenvalue weighted by molar-refractivity contribution is 5.78. The lowest BCUT2D eigenvalue weighted by Crippen LogP contribution is -2.37. The summed E-state index contributed by atoms with van der Waals surface area (Å²) in [6.45, 7) is 0.344. The number of aryl methyl sites for hydroxylation is 1. The molecule has 1 saturated heterocycles. The summed E-state index contributed by atoms with van der Waals surface area (Å²) in [4.78, 5) is 24.9. The fraction of sp³-hybridized carbons (Fsp3) is 0.556. The third-order valence-corrected chi connectivity index (χ3v) is 4.55. The lowest BCUT2D eigenvalue weighted by Gasteiger charge is -2.23. The topological polar surface area (TPSA) is 66.8 Å². The van der Waals surface area contributed by atoms with E-state index in [1.807, 2.05) is 0 Å². The summed E-state index contributed by atoms with van der Waals surface area (Å²) in [5, 5.41) is 8.98. The summed E-state index contributed by atoms with van der Waals surface area (Å²) in [5.41, 5.74) is -0.184. The van der Waals surface area contributed by atoms with Gasteiger partial charge in [0.1, 0.15) is 0 Å². The standard InChI is InChI=1S/C18H22F3NO4/c1-26-15-9-14(10-17(24)25)22(11-15)16(23)7-3-5-12-4-2-6-13(8-12)18(19,20)21/h2,4,6,8,14-15H,3,5,7,9-11H2,1H3,(H,24,25). The molecule has 5 nitrogen and oxygen atoms in total. The smallest absolute Gasteiger partial charge is 0.416 e. The van der Waals surface area contributed by atoms with Gasteiger partial charge < -0.3 is 14.7 Å². The lowest BCUT2D eigenvalue weighted by molar-refractivity contribution is -0.140. The van der Waals surface area contributed by atoms with E-state index in [9.17, 15) is 22.8 Å². The van der Waals surface area contributed by atoms with Gasteiger partial charge in [-0.2, -0.15) is 13.2 Å². The number of benzene rings is 1. The van der Waals surface area contributed by atoms with E-state index in [2.05, 4.69) is 0 Å². The molecule has 0 saturated carbocycles. The van der Waals surface area contributed by atoms with Crippen molar-refractivity contribution < 1.29 is 32.6 Å². The normalized spacial score (nSPS) is 20.4. The van der Waals surface area contributed by atoms with Crippen molar-refractivity contribution in [3.05, 3.63) is 35.4 Å². The Morgan fingerprint density at radius 1 is 1.35 bits per heavy atom. The predicted molar refractivity (Wildman–Crippen MR) is 87.5 cm³/mol. The fourth-order valence-electron chi connectivity index (χ4n) is 3.24. The molecule has 1 N–H and O–H groups in total. The van der Waals surface area contributed by atoms with Gasteiger partial charge in [-0.15, -0.1) is 0 Å². The summed E-state index contributed by atoms with van der Waals surface area (Å²) in [7, 11) is 1.52. The van der Waals surface area contributed by atoms with Crippen molar-refractivity contribution in [3.63, 3.8) is 0 Å². The number of likely N-dealkylation sites (tertiary alicyclic amines) is 1. The molecule has 1 amide bonds. The molecule has 1 aromatic carbocycles. The van der Waals surface area contributed by atoms with E-state index in [4.69, 9.17) is 9.84 Å². The van der Waals surface area contributed by atoms with Gasteiger partial charge in [-0.1, -0.05) is 18.2 Å². The van der Waals surface area contributed by atoms with Gasteiger partial charge in [0, 0.05) is 26.1 Å². The van der Waals surface area contributed by atoms with Crippen molar-refractivity contribution in [2.45, 2.75) is 50.4 Å². The number of methoxy groups -OCH3 is 1. The first-order valence-electron chi connectivity index (χ1n) is 8.41. The van der Waals surface area contributed by atoms with Crippen LogP contribution in [0.2, 0.25) is 0 Å². The summed E-state index contributed by atoms with van der Waals surface area (Å²) in [6.07, 6.45) is -3.34. The average molecular weight is 373 g/mol. The minimum Gasteiger partial charge on any atom is -0.481 e. The molecule has 0 spiro atoms. The Kier molecular flexibility index (Phi) is 6.63. The van der Waals surface area contributed by atoms with E-state index < -0.39 is 23.8 Å². The van der Waals surface area contributed by atoms with Gasteiger partial charge in [-0.25, -0.2) is 0 Å². The Hall–Kier alpha value is -2.09. The van der Waals surface area contributed by atoms with E-state index in [1.54, 1.807) is 6.07 Å². The number of rotatable bonds is 7. The molecule has 0 radical (unpaired) electrons. The van der Waals surface area contributed by atoms with Crippen molar-refractivity contribution in [1.29, 1.82) is 0 Å². The number of ether oxygens (including phenoxy) is 1. The largest absolute Gasteiger partial charge is 0.481 e. The van der Waals surface area contributed by atoms with E-state index in [-0.39, 0.29) is 24.9 Å². The molecule has 2 rings (SSSR count). The highest BCUT2D eigenvalue weighted by atomic mass is 19.4. The third-order valence-electron chi connectivity index (χ3n) is 4.55. The van der Waals surface area contributed by atoms with Crippen LogP contribution < -0.4 is 0 Å². The number of alkyl halides is 3. The summed E-state index contributed by atoms with van der Waals surface area (Å²) in [6, 6.07) is 4.66. The van der Waals surface area contributed by atoms with Crippen molar-refractivity contribution in [1.82, 2.24) is 4.90 Å². The molecule has 1 aliphatic rings. The van der Waals surface area contributed by atoms with Crippen LogP contribution in [-0.4, -0.2) is 47.7 Å². The van der Waals surface area contributed by atoms with Gasteiger partial charge >= 0.3 is 12.1 Å². The minimum absolute atomic E-state index is 0.140. The molecule has 1 aliphatic heterocycles. The maximum absolute atomic E-state index is 12.7. The number of carbonyl (C=O) groups is 2. The van der Waals surface area contributed by atoms with Crippen LogP contribution in [0.3, 0.4) is 0 Å². The van der Waals surface area contributed by atoms with E-state index in [1.165, 1.54) is 18.1 Å². The number of hydrogen-bond donors (Lipinski definition) is 1. The number of hydrogen-bond acceptors (Lipinski definition) is 3. The zero-order valence-corrected chi connectivity index (χ0v) is 14.5. The van der Waals surface area contributed by atoms with Crippen LogP contribution in [-0.2, 0) is 26.9 Å². The molecule has 2 atom stereocenters. The van der Waals surface area contributed by atoms with Crippen LogP contribution in [0, 0.1) is 0 Å². The molecule has 1 heterocycles. The summed E-state index contributed by atoms with van der Waals surface area (Å²) >= 11 is 0. The number of halogens is 3. The quantitative estimate of drug-likeness (QED) is 0.798. The van der Waals surface area contributed by atoms with Crippen molar-refractivity contribution in [3.8, 4) is 0 Å². The molecule has 2 unspecified atom stereocenters. The second-order valence-electron chi connectivity index (χ2n) is 6.44.